The van der Waals surface area contributed by atoms with Crippen LogP contribution in [0.1, 0.15) is 16.8 Å². The molecule has 0 bridgehead atoms. The number of pyridine rings is 1. The molecule has 2 aromatic carbocycles. The third kappa shape index (κ3) is 4.87. The summed E-state index contributed by atoms with van der Waals surface area (Å²) in [5, 5.41) is 7.82. The van der Waals surface area contributed by atoms with Crippen molar-refractivity contribution in [2.45, 2.75) is 19.9 Å². The standard InChI is InChI=1S/C26H23ClFN5O4S/c1-16-12-17(5-7-21(16)28)19-13-24(37-2)23(14-20(19)27)33-22-9-11-32(15-18(22)6-8-26(33)34)38(35,36)31-25-4-3-10-29-30-25/h3-8,10,12-14H,9,11,15H2,1-2H3,(H,30,31). The van der Waals surface area contributed by atoms with Crippen LogP contribution in [0, 0.1) is 12.7 Å². The van der Waals surface area contributed by atoms with Crippen molar-refractivity contribution in [1.29, 1.82) is 0 Å². The monoisotopic (exact) mass is 555 g/mol. The Kier molecular flexibility index (Phi) is 6.91. The van der Waals surface area contributed by atoms with Gasteiger partial charge in [-0.15, -0.1) is 5.10 Å². The number of methoxy groups -OCH3 is 1. The number of rotatable bonds is 6. The second kappa shape index (κ2) is 10.2. The molecule has 0 amide bonds. The first-order chi connectivity index (χ1) is 18.2. The lowest BCUT2D eigenvalue weighted by Crippen LogP contribution is -2.41. The van der Waals surface area contributed by atoms with Crippen molar-refractivity contribution in [2.75, 3.05) is 18.4 Å². The van der Waals surface area contributed by atoms with Crippen LogP contribution in [0.2, 0.25) is 5.02 Å². The molecule has 1 N–H and O–H groups in total. The molecule has 2 aromatic heterocycles. The van der Waals surface area contributed by atoms with Crippen LogP contribution in [-0.2, 0) is 23.2 Å². The highest BCUT2D eigenvalue weighted by molar-refractivity contribution is 7.90. The maximum atomic E-state index is 13.8. The van der Waals surface area contributed by atoms with Gasteiger partial charge in [0.1, 0.15) is 11.6 Å². The van der Waals surface area contributed by atoms with Crippen molar-refractivity contribution in [3.05, 3.63) is 98.8 Å². The van der Waals surface area contributed by atoms with Gasteiger partial charge in [0.15, 0.2) is 5.82 Å². The number of anilines is 1. The van der Waals surface area contributed by atoms with Gasteiger partial charge in [-0.05, 0) is 60.0 Å². The van der Waals surface area contributed by atoms with E-state index in [9.17, 15) is 17.6 Å². The summed E-state index contributed by atoms with van der Waals surface area (Å²) in [4.78, 5) is 13.1. The summed E-state index contributed by atoms with van der Waals surface area (Å²) in [6.45, 7) is 1.85. The van der Waals surface area contributed by atoms with E-state index in [0.29, 0.717) is 44.4 Å². The van der Waals surface area contributed by atoms with E-state index in [1.807, 2.05) is 0 Å². The molecule has 0 unspecified atom stereocenters. The van der Waals surface area contributed by atoms with E-state index < -0.39 is 10.2 Å². The zero-order chi connectivity index (χ0) is 27.0. The molecule has 9 nitrogen and oxygen atoms in total. The summed E-state index contributed by atoms with van der Waals surface area (Å²) in [5.74, 6) is 0.180. The number of aromatic nitrogens is 3. The first-order valence-corrected chi connectivity index (χ1v) is 13.4. The highest BCUT2D eigenvalue weighted by Gasteiger charge is 2.30. The number of hydrogen-bond donors (Lipinski definition) is 1. The topological polar surface area (TPSA) is 106 Å². The Balaban J connectivity index is 1.53. The molecule has 5 rings (SSSR count). The van der Waals surface area contributed by atoms with Crippen molar-refractivity contribution in [2.24, 2.45) is 0 Å². The van der Waals surface area contributed by atoms with Crippen molar-refractivity contribution < 1.29 is 17.5 Å². The Bertz CT molecular complexity index is 1700. The van der Waals surface area contributed by atoms with Crippen molar-refractivity contribution in [3.8, 4) is 22.6 Å². The van der Waals surface area contributed by atoms with E-state index in [0.717, 1.165) is 0 Å². The van der Waals surface area contributed by atoms with Gasteiger partial charge in [0.2, 0.25) is 0 Å². The predicted molar refractivity (Wildman–Crippen MR) is 142 cm³/mol. The Labute approximate surface area is 223 Å². The van der Waals surface area contributed by atoms with Crippen LogP contribution in [0.4, 0.5) is 10.2 Å². The minimum absolute atomic E-state index is 0.0498. The molecule has 0 saturated carbocycles. The number of nitrogens with one attached hydrogen (secondary N) is 1. The minimum Gasteiger partial charge on any atom is -0.495 e. The van der Waals surface area contributed by atoms with Crippen LogP contribution in [0.25, 0.3) is 16.8 Å². The third-order valence-electron chi connectivity index (χ3n) is 6.36. The molecule has 0 saturated heterocycles. The van der Waals surface area contributed by atoms with E-state index in [2.05, 4.69) is 14.9 Å². The smallest absolute Gasteiger partial charge is 0.303 e. The van der Waals surface area contributed by atoms with Gasteiger partial charge < -0.3 is 4.74 Å². The molecule has 3 heterocycles. The van der Waals surface area contributed by atoms with Gasteiger partial charge in [0, 0.05) is 43.0 Å². The van der Waals surface area contributed by atoms with Crippen molar-refractivity contribution in [3.63, 3.8) is 0 Å². The highest BCUT2D eigenvalue weighted by Crippen LogP contribution is 2.37. The summed E-state index contributed by atoms with van der Waals surface area (Å²) in [7, 11) is -2.42. The number of ether oxygens (including phenoxy) is 1. The molecular weight excluding hydrogens is 533 g/mol. The Morgan fingerprint density at radius 1 is 1.13 bits per heavy atom. The maximum absolute atomic E-state index is 13.8. The van der Waals surface area contributed by atoms with Gasteiger partial charge in [0.05, 0.1) is 17.8 Å². The minimum atomic E-state index is -3.91. The fourth-order valence-corrected chi connectivity index (χ4v) is 5.88. The normalized spacial score (nSPS) is 13.7. The SMILES string of the molecule is COc1cc(-c2ccc(F)c(C)c2)c(Cl)cc1-n1c2c(ccc1=O)CN(S(=O)(=O)Nc1cccnn1)CC2. The molecule has 1 aliphatic heterocycles. The van der Waals surface area contributed by atoms with Crippen LogP contribution in [0.3, 0.4) is 0 Å². The number of aryl methyl sites for hydroxylation is 1. The lowest BCUT2D eigenvalue weighted by Gasteiger charge is -2.30. The van der Waals surface area contributed by atoms with Gasteiger partial charge in [-0.3, -0.25) is 14.1 Å². The molecule has 1 aliphatic rings. The molecule has 0 aliphatic carbocycles. The van der Waals surface area contributed by atoms with Crippen LogP contribution in [0.15, 0.2) is 65.6 Å². The Morgan fingerprint density at radius 3 is 2.66 bits per heavy atom. The summed E-state index contributed by atoms with van der Waals surface area (Å²) in [6, 6.07) is 14.1. The zero-order valence-corrected chi connectivity index (χ0v) is 22.1. The molecule has 0 spiro atoms. The summed E-state index contributed by atoms with van der Waals surface area (Å²) in [6.07, 6.45) is 1.72. The van der Waals surface area contributed by atoms with Crippen molar-refractivity contribution >= 4 is 27.6 Å². The number of hydrogen-bond acceptors (Lipinski definition) is 6. The van der Waals surface area contributed by atoms with Crippen LogP contribution in [-0.4, -0.2) is 41.1 Å². The van der Waals surface area contributed by atoms with Gasteiger partial charge in [-0.25, -0.2) is 4.39 Å². The predicted octanol–water partition coefficient (Wildman–Crippen LogP) is 4.12. The van der Waals surface area contributed by atoms with E-state index in [-0.39, 0.29) is 36.7 Å². The van der Waals surface area contributed by atoms with Gasteiger partial charge in [-0.1, -0.05) is 23.7 Å². The fraction of sp³-hybridized carbons (Fsp3) is 0.192. The molecule has 196 valence electrons. The van der Waals surface area contributed by atoms with Crippen LogP contribution < -0.4 is 15.0 Å². The van der Waals surface area contributed by atoms with Gasteiger partial charge >= 0.3 is 10.2 Å². The molecule has 12 heteroatoms. The second-order valence-corrected chi connectivity index (χ2v) is 10.8. The number of fused-ring (bicyclic) bond motifs is 1. The van der Waals surface area contributed by atoms with Crippen molar-refractivity contribution in [1.82, 2.24) is 19.1 Å². The summed E-state index contributed by atoms with van der Waals surface area (Å²) in [5.41, 5.74) is 3.25. The third-order valence-corrected chi connectivity index (χ3v) is 8.13. The molecular formula is C26H23ClFN5O4S. The van der Waals surface area contributed by atoms with Crippen LogP contribution in [0.5, 0.6) is 5.75 Å². The van der Waals surface area contributed by atoms with E-state index >= 15 is 0 Å². The number of halogens is 2. The molecule has 0 fully saturated rings. The quantitative estimate of drug-likeness (QED) is 0.384. The van der Waals surface area contributed by atoms with Crippen LogP contribution >= 0.6 is 11.6 Å². The first-order valence-electron chi connectivity index (χ1n) is 11.6. The summed E-state index contributed by atoms with van der Waals surface area (Å²) < 4.78 is 50.6. The molecule has 0 atom stereocenters. The summed E-state index contributed by atoms with van der Waals surface area (Å²) >= 11 is 6.66. The second-order valence-electron chi connectivity index (χ2n) is 8.75. The number of nitrogens with zero attached hydrogens (tertiary/aromatic N) is 4. The molecule has 4 aromatic rings. The average Bonchev–Trinajstić information content (AvgIpc) is 2.90. The van der Waals surface area contributed by atoms with E-state index in [1.165, 1.54) is 40.4 Å². The molecule has 38 heavy (non-hydrogen) atoms. The number of benzene rings is 2. The Hall–Kier alpha value is -3.80. The molecule has 0 radical (unpaired) electrons. The average molecular weight is 556 g/mol. The van der Waals surface area contributed by atoms with Gasteiger partial charge in [-0.2, -0.15) is 17.8 Å². The lowest BCUT2D eigenvalue weighted by molar-refractivity contribution is 0.385. The largest absolute Gasteiger partial charge is 0.495 e. The maximum Gasteiger partial charge on any atom is 0.303 e. The van der Waals surface area contributed by atoms with E-state index in [1.54, 1.807) is 43.3 Å². The first kappa shape index (κ1) is 25.8. The fourth-order valence-electron chi connectivity index (χ4n) is 4.47. The zero-order valence-electron chi connectivity index (χ0n) is 20.5. The highest BCUT2D eigenvalue weighted by atomic mass is 35.5. The van der Waals surface area contributed by atoms with E-state index in [4.69, 9.17) is 16.3 Å². The van der Waals surface area contributed by atoms with Gasteiger partial charge in [0.25, 0.3) is 5.56 Å². The Morgan fingerprint density at radius 2 is 1.95 bits per heavy atom. The lowest BCUT2D eigenvalue weighted by atomic mass is 10.0.